The Morgan fingerprint density at radius 3 is 2.76 bits per heavy atom. The van der Waals surface area contributed by atoms with E-state index in [4.69, 9.17) is 9.47 Å². The standard InChI is InChI=1S/C18H19N5O6/c1-18(2)11-8-12(21-16(24)13-10-19-4-5-20-13)15(23(26)27)9-14(11)22(6-7-28-3)17(25)29-18/h4-5,8-10H,6-7H2,1-3H3,(H,21,24). The van der Waals surface area contributed by atoms with E-state index in [0.29, 0.717) is 11.3 Å². The number of anilines is 2. The fourth-order valence-corrected chi connectivity index (χ4v) is 2.96. The fourth-order valence-electron chi connectivity index (χ4n) is 2.96. The van der Waals surface area contributed by atoms with Gasteiger partial charge in [0.1, 0.15) is 17.0 Å². The van der Waals surface area contributed by atoms with Gasteiger partial charge in [-0.15, -0.1) is 0 Å². The topological polar surface area (TPSA) is 137 Å². The van der Waals surface area contributed by atoms with E-state index < -0.39 is 22.5 Å². The lowest BCUT2D eigenvalue weighted by molar-refractivity contribution is -0.383. The summed E-state index contributed by atoms with van der Waals surface area (Å²) in [6.45, 7) is 3.70. The van der Waals surface area contributed by atoms with Crippen molar-refractivity contribution in [1.82, 2.24) is 9.97 Å². The van der Waals surface area contributed by atoms with E-state index in [-0.39, 0.29) is 30.2 Å². The van der Waals surface area contributed by atoms with Crippen LogP contribution in [0.3, 0.4) is 0 Å². The SMILES string of the molecule is COCCN1C(=O)OC(C)(C)c2cc(NC(=O)c3cnccn3)c([N+](=O)[O-])cc21. The Morgan fingerprint density at radius 2 is 2.14 bits per heavy atom. The van der Waals surface area contributed by atoms with E-state index in [0.717, 1.165) is 0 Å². The molecule has 2 aromatic rings. The van der Waals surface area contributed by atoms with Gasteiger partial charge in [-0.25, -0.2) is 9.78 Å². The van der Waals surface area contributed by atoms with Crippen LogP contribution in [0, 0.1) is 10.1 Å². The molecule has 2 amide bonds. The molecule has 0 aliphatic carbocycles. The molecule has 1 aliphatic rings. The first-order chi connectivity index (χ1) is 13.7. The average Bonchev–Trinajstić information content (AvgIpc) is 2.68. The summed E-state index contributed by atoms with van der Waals surface area (Å²) in [5.41, 5.74) is -0.624. The van der Waals surface area contributed by atoms with Gasteiger partial charge in [-0.1, -0.05) is 0 Å². The minimum Gasteiger partial charge on any atom is -0.438 e. The molecule has 0 saturated heterocycles. The third-order valence-corrected chi connectivity index (χ3v) is 4.38. The summed E-state index contributed by atoms with van der Waals surface area (Å²) < 4.78 is 10.5. The van der Waals surface area contributed by atoms with E-state index in [1.165, 1.54) is 42.7 Å². The van der Waals surface area contributed by atoms with Gasteiger partial charge in [-0.3, -0.25) is 24.8 Å². The zero-order valence-electron chi connectivity index (χ0n) is 16.0. The van der Waals surface area contributed by atoms with Gasteiger partial charge in [0.05, 0.1) is 30.0 Å². The lowest BCUT2D eigenvalue weighted by Crippen LogP contribution is -2.44. The van der Waals surface area contributed by atoms with E-state index in [9.17, 15) is 19.7 Å². The number of carbonyl (C=O) groups excluding carboxylic acids is 2. The van der Waals surface area contributed by atoms with Crippen molar-refractivity contribution in [3.8, 4) is 0 Å². The summed E-state index contributed by atoms with van der Waals surface area (Å²) in [6, 6.07) is 2.69. The van der Waals surface area contributed by atoms with E-state index in [1.807, 2.05) is 0 Å². The molecule has 29 heavy (non-hydrogen) atoms. The number of hydrogen-bond donors (Lipinski definition) is 1. The summed E-state index contributed by atoms with van der Waals surface area (Å²) in [7, 11) is 1.48. The lowest BCUT2D eigenvalue weighted by atomic mass is 9.92. The lowest BCUT2D eigenvalue weighted by Gasteiger charge is -2.38. The number of amides is 2. The van der Waals surface area contributed by atoms with Gasteiger partial charge in [0.25, 0.3) is 11.6 Å². The minimum atomic E-state index is -1.06. The number of nitrogens with one attached hydrogen (secondary N) is 1. The number of rotatable bonds is 6. The molecule has 11 nitrogen and oxygen atoms in total. The van der Waals surface area contributed by atoms with Crippen LogP contribution in [0.1, 0.15) is 29.9 Å². The van der Waals surface area contributed by atoms with Crippen molar-refractivity contribution >= 4 is 29.1 Å². The molecule has 3 rings (SSSR count). The van der Waals surface area contributed by atoms with Crippen LogP contribution in [-0.4, -0.2) is 47.2 Å². The van der Waals surface area contributed by atoms with Crippen LogP contribution in [0.4, 0.5) is 21.9 Å². The monoisotopic (exact) mass is 401 g/mol. The predicted molar refractivity (Wildman–Crippen MR) is 102 cm³/mol. The molecular formula is C18H19N5O6. The molecule has 0 spiro atoms. The number of carbonyl (C=O) groups is 2. The van der Waals surface area contributed by atoms with Crippen molar-refractivity contribution in [2.45, 2.75) is 19.4 Å². The van der Waals surface area contributed by atoms with Gasteiger partial charge < -0.3 is 14.8 Å². The Morgan fingerprint density at radius 1 is 1.38 bits per heavy atom. The highest BCUT2D eigenvalue weighted by molar-refractivity contribution is 6.04. The van der Waals surface area contributed by atoms with Crippen molar-refractivity contribution in [3.05, 3.63) is 52.1 Å². The molecular weight excluding hydrogens is 382 g/mol. The van der Waals surface area contributed by atoms with Crippen molar-refractivity contribution in [3.63, 3.8) is 0 Å². The Balaban J connectivity index is 2.08. The minimum absolute atomic E-state index is 0.00641. The molecule has 0 unspecified atom stereocenters. The van der Waals surface area contributed by atoms with Crippen LogP contribution in [0.5, 0.6) is 0 Å². The van der Waals surface area contributed by atoms with Gasteiger partial charge in [-0.2, -0.15) is 0 Å². The van der Waals surface area contributed by atoms with E-state index in [1.54, 1.807) is 13.8 Å². The summed E-state index contributed by atoms with van der Waals surface area (Å²) in [6.07, 6.45) is 3.36. The Kier molecular flexibility index (Phi) is 5.41. The number of cyclic esters (lactones) is 1. The number of benzene rings is 1. The number of ether oxygens (including phenoxy) is 2. The number of aromatic nitrogens is 2. The van der Waals surface area contributed by atoms with Gasteiger partial charge >= 0.3 is 6.09 Å². The third kappa shape index (κ3) is 3.99. The summed E-state index contributed by atoms with van der Waals surface area (Å²) in [4.78, 5) is 44.8. The highest BCUT2D eigenvalue weighted by atomic mass is 16.6. The van der Waals surface area contributed by atoms with Gasteiger partial charge in [0, 0.05) is 31.1 Å². The maximum absolute atomic E-state index is 12.4. The molecule has 0 radical (unpaired) electrons. The highest BCUT2D eigenvalue weighted by Crippen LogP contribution is 2.43. The van der Waals surface area contributed by atoms with Crippen molar-refractivity contribution in [2.24, 2.45) is 0 Å². The first-order valence-corrected chi connectivity index (χ1v) is 8.64. The van der Waals surface area contributed by atoms with Crippen molar-refractivity contribution < 1.29 is 24.0 Å². The van der Waals surface area contributed by atoms with Crippen LogP contribution in [-0.2, 0) is 15.1 Å². The molecule has 1 N–H and O–H groups in total. The maximum Gasteiger partial charge on any atom is 0.415 e. The fraction of sp³-hybridized carbons (Fsp3) is 0.333. The predicted octanol–water partition coefficient (Wildman–Crippen LogP) is 2.48. The zero-order chi connectivity index (χ0) is 21.2. The molecule has 1 aliphatic heterocycles. The Hall–Kier alpha value is -3.60. The molecule has 1 aromatic carbocycles. The van der Waals surface area contributed by atoms with Gasteiger partial charge in [-0.05, 0) is 19.9 Å². The summed E-state index contributed by atoms with van der Waals surface area (Å²) >= 11 is 0. The average molecular weight is 401 g/mol. The number of fused-ring (bicyclic) bond motifs is 1. The quantitative estimate of drug-likeness (QED) is 0.576. The van der Waals surface area contributed by atoms with Gasteiger partial charge in [0.15, 0.2) is 0 Å². The van der Waals surface area contributed by atoms with Crippen LogP contribution in [0.2, 0.25) is 0 Å². The van der Waals surface area contributed by atoms with Crippen LogP contribution in [0.15, 0.2) is 30.7 Å². The Bertz CT molecular complexity index is 963. The molecule has 11 heteroatoms. The number of nitro benzene ring substituents is 1. The van der Waals surface area contributed by atoms with Gasteiger partial charge in [0.2, 0.25) is 0 Å². The molecule has 0 saturated carbocycles. The normalized spacial score (nSPS) is 14.7. The molecule has 0 bridgehead atoms. The van der Waals surface area contributed by atoms with Crippen LogP contribution >= 0.6 is 0 Å². The summed E-state index contributed by atoms with van der Waals surface area (Å²) in [5, 5.41) is 14.2. The second-order valence-electron chi connectivity index (χ2n) is 6.71. The number of methoxy groups -OCH3 is 1. The molecule has 0 fully saturated rings. The number of hydrogen-bond acceptors (Lipinski definition) is 8. The van der Waals surface area contributed by atoms with Crippen molar-refractivity contribution in [2.75, 3.05) is 30.5 Å². The second kappa shape index (κ2) is 7.80. The Labute approximate surface area is 165 Å². The first kappa shape index (κ1) is 20.1. The van der Waals surface area contributed by atoms with E-state index in [2.05, 4.69) is 15.3 Å². The third-order valence-electron chi connectivity index (χ3n) is 4.38. The van der Waals surface area contributed by atoms with Crippen LogP contribution < -0.4 is 10.2 Å². The molecule has 0 atom stereocenters. The van der Waals surface area contributed by atoms with Crippen LogP contribution in [0.25, 0.3) is 0 Å². The zero-order valence-corrected chi connectivity index (χ0v) is 16.0. The largest absolute Gasteiger partial charge is 0.438 e. The maximum atomic E-state index is 12.4. The number of nitro groups is 1. The van der Waals surface area contributed by atoms with Crippen molar-refractivity contribution in [1.29, 1.82) is 0 Å². The smallest absolute Gasteiger partial charge is 0.415 e. The molecule has 1 aromatic heterocycles. The van der Waals surface area contributed by atoms with E-state index >= 15 is 0 Å². The number of nitrogens with zero attached hydrogens (tertiary/aromatic N) is 4. The molecule has 2 heterocycles. The highest BCUT2D eigenvalue weighted by Gasteiger charge is 2.40. The first-order valence-electron chi connectivity index (χ1n) is 8.64. The molecule has 152 valence electrons. The summed E-state index contributed by atoms with van der Waals surface area (Å²) in [5.74, 6) is -0.650. The second-order valence-corrected chi connectivity index (χ2v) is 6.71.